The zero-order valence-corrected chi connectivity index (χ0v) is 23.3. The third kappa shape index (κ3) is 6.23. The maximum atomic E-state index is 13.7. The molecule has 1 aliphatic heterocycles. The summed E-state index contributed by atoms with van der Waals surface area (Å²) < 4.78 is 11.9. The third-order valence-corrected chi connectivity index (χ3v) is 7.97. The molecular weight excluding hydrogens is 591 g/mol. The molecule has 1 saturated carbocycles. The van der Waals surface area contributed by atoms with Crippen LogP contribution in [0, 0.1) is 9.49 Å². The van der Waals surface area contributed by atoms with Crippen molar-refractivity contribution in [3.63, 3.8) is 0 Å². The lowest BCUT2D eigenvalue weighted by atomic mass is 9.85. The van der Waals surface area contributed by atoms with Gasteiger partial charge in [0, 0.05) is 6.04 Å². The molecule has 2 aliphatic rings. The van der Waals surface area contributed by atoms with Gasteiger partial charge in [0.05, 0.1) is 20.8 Å². The fourth-order valence-electron chi connectivity index (χ4n) is 4.51. The second kappa shape index (κ2) is 12.1. The average Bonchev–Trinajstić information content (AvgIpc) is 3.13. The van der Waals surface area contributed by atoms with Crippen LogP contribution >= 0.6 is 34.4 Å². The Morgan fingerprint density at radius 2 is 1.97 bits per heavy atom. The molecule has 0 bridgehead atoms. The van der Waals surface area contributed by atoms with Crippen molar-refractivity contribution >= 4 is 63.2 Å². The average molecular weight is 621 g/mol. The SMILES string of the molecule is CCOc1cc(/C=C2\SC(=Nc3ccccc3)N([C@@H]3CCCC[C@H]3C)C2=O)cc(I)c1OCC(=O)O. The molecule has 0 radical (unpaired) electrons. The third-order valence-electron chi connectivity index (χ3n) is 6.19. The number of carbonyl (C=O) groups excluding carboxylic acids is 1. The molecule has 0 spiro atoms. The number of benzene rings is 2. The number of aliphatic carboxylic acids is 1. The summed E-state index contributed by atoms with van der Waals surface area (Å²) in [4.78, 5) is 32.1. The smallest absolute Gasteiger partial charge is 0.341 e. The minimum absolute atomic E-state index is 0.0346. The summed E-state index contributed by atoms with van der Waals surface area (Å²) in [5, 5.41) is 9.71. The summed E-state index contributed by atoms with van der Waals surface area (Å²) in [6.45, 7) is 4.01. The number of nitrogens with zero attached hydrogens (tertiary/aromatic N) is 2. The van der Waals surface area contributed by atoms with E-state index in [1.54, 1.807) is 6.07 Å². The lowest BCUT2D eigenvalue weighted by Gasteiger charge is -2.35. The lowest BCUT2D eigenvalue weighted by molar-refractivity contribution is -0.139. The van der Waals surface area contributed by atoms with Crippen LogP contribution < -0.4 is 9.47 Å². The summed E-state index contributed by atoms with van der Waals surface area (Å²) in [5.74, 6) is 0.141. The second-order valence-electron chi connectivity index (χ2n) is 8.79. The predicted molar refractivity (Wildman–Crippen MR) is 151 cm³/mol. The molecule has 1 N–H and O–H groups in total. The van der Waals surface area contributed by atoms with Gasteiger partial charge in [-0.25, -0.2) is 9.79 Å². The normalized spacial score (nSPS) is 22.3. The first-order valence-electron chi connectivity index (χ1n) is 12.0. The Bertz CT molecular complexity index is 1180. The standard InChI is InChI=1S/C27H29IN2O5S/c1-3-34-22-14-18(13-20(28)25(22)35-16-24(31)32)15-23-26(33)30(21-12-8-7-9-17(21)2)27(36-23)29-19-10-5-4-6-11-19/h4-6,10-11,13-15,17,21H,3,7-9,12,16H2,1-2H3,(H,31,32)/b23-15-,29-27?/t17-,21-/m1/s1. The van der Waals surface area contributed by atoms with Crippen molar-refractivity contribution in [2.45, 2.75) is 45.6 Å². The number of halogens is 1. The summed E-state index contributed by atoms with van der Waals surface area (Å²) in [7, 11) is 0. The first kappa shape index (κ1) is 26.5. The van der Waals surface area contributed by atoms with Crippen molar-refractivity contribution in [1.82, 2.24) is 4.90 Å². The Morgan fingerprint density at radius 3 is 2.67 bits per heavy atom. The largest absolute Gasteiger partial charge is 0.490 e. The lowest BCUT2D eigenvalue weighted by Crippen LogP contribution is -2.44. The number of hydrogen-bond acceptors (Lipinski definition) is 6. The first-order valence-corrected chi connectivity index (χ1v) is 13.9. The van der Waals surface area contributed by atoms with Gasteiger partial charge in [0.1, 0.15) is 0 Å². The highest BCUT2D eigenvalue weighted by atomic mass is 127. The van der Waals surface area contributed by atoms with Gasteiger partial charge in [0.15, 0.2) is 23.3 Å². The number of carboxylic acids is 1. The predicted octanol–water partition coefficient (Wildman–Crippen LogP) is 6.34. The topological polar surface area (TPSA) is 88.4 Å². The highest BCUT2D eigenvalue weighted by Crippen LogP contribution is 2.41. The Morgan fingerprint density at radius 1 is 1.22 bits per heavy atom. The number of thioether (sulfide) groups is 1. The van der Waals surface area contributed by atoms with Gasteiger partial charge in [0.25, 0.3) is 5.91 Å². The van der Waals surface area contributed by atoms with Crippen LogP contribution in [0.5, 0.6) is 11.5 Å². The number of ether oxygens (including phenoxy) is 2. The fourth-order valence-corrected chi connectivity index (χ4v) is 6.34. The number of para-hydroxylation sites is 1. The molecule has 190 valence electrons. The van der Waals surface area contributed by atoms with E-state index in [4.69, 9.17) is 19.6 Å². The minimum atomic E-state index is -1.06. The molecule has 7 nitrogen and oxygen atoms in total. The van der Waals surface area contributed by atoms with Crippen molar-refractivity contribution in [3.8, 4) is 11.5 Å². The summed E-state index contributed by atoms with van der Waals surface area (Å²) in [6.07, 6.45) is 6.22. The van der Waals surface area contributed by atoms with E-state index in [1.807, 2.05) is 54.3 Å². The Kier molecular flexibility index (Phi) is 8.95. The molecule has 1 saturated heterocycles. The molecule has 0 aromatic heterocycles. The molecule has 1 aliphatic carbocycles. The number of amidine groups is 1. The van der Waals surface area contributed by atoms with E-state index >= 15 is 0 Å². The molecule has 36 heavy (non-hydrogen) atoms. The number of rotatable bonds is 8. The van der Waals surface area contributed by atoms with Crippen molar-refractivity contribution in [2.75, 3.05) is 13.2 Å². The van der Waals surface area contributed by atoms with E-state index in [-0.39, 0.29) is 11.9 Å². The zero-order valence-electron chi connectivity index (χ0n) is 20.3. The highest BCUT2D eigenvalue weighted by molar-refractivity contribution is 14.1. The minimum Gasteiger partial charge on any atom is -0.490 e. The van der Waals surface area contributed by atoms with Crippen LogP contribution in [-0.2, 0) is 9.59 Å². The van der Waals surface area contributed by atoms with Gasteiger partial charge in [-0.3, -0.25) is 9.69 Å². The molecular formula is C27H29IN2O5S. The molecule has 1 heterocycles. The highest BCUT2D eigenvalue weighted by Gasteiger charge is 2.41. The van der Waals surface area contributed by atoms with Gasteiger partial charge in [-0.1, -0.05) is 38.0 Å². The number of hydrogen-bond donors (Lipinski definition) is 1. The van der Waals surface area contributed by atoms with Crippen LogP contribution in [0.1, 0.15) is 45.1 Å². The first-order chi connectivity index (χ1) is 17.4. The van der Waals surface area contributed by atoms with Crippen LogP contribution in [0.15, 0.2) is 52.4 Å². The molecule has 4 rings (SSSR count). The van der Waals surface area contributed by atoms with Gasteiger partial charge >= 0.3 is 5.97 Å². The van der Waals surface area contributed by atoms with Crippen LogP contribution in [0.2, 0.25) is 0 Å². The molecule has 2 aromatic carbocycles. The molecule has 1 amide bonds. The quantitative estimate of drug-likeness (QED) is 0.274. The van der Waals surface area contributed by atoms with E-state index in [9.17, 15) is 9.59 Å². The van der Waals surface area contributed by atoms with E-state index in [2.05, 4.69) is 29.5 Å². The Hall–Kier alpha value is -2.53. The second-order valence-corrected chi connectivity index (χ2v) is 11.0. The van der Waals surface area contributed by atoms with E-state index in [1.165, 1.54) is 18.2 Å². The van der Waals surface area contributed by atoms with Crippen LogP contribution in [0.4, 0.5) is 5.69 Å². The van der Waals surface area contributed by atoms with Crippen LogP contribution in [-0.4, -0.2) is 46.3 Å². The summed E-state index contributed by atoms with van der Waals surface area (Å²) in [5.41, 5.74) is 1.59. The van der Waals surface area contributed by atoms with Crippen LogP contribution in [0.3, 0.4) is 0 Å². The summed E-state index contributed by atoms with van der Waals surface area (Å²) >= 11 is 3.49. The van der Waals surface area contributed by atoms with Crippen molar-refractivity contribution in [1.29, 1.82) is 0 Å². The van der Waals surface area contributed by atoms with Gasteiger partial charge in [-0.15, -0.1) is 0 Å². The number of amides is 1. The van der Waals surface area contributed by atoms with E-state index in [0.717, 1.165) is 30.5 Å². The van der Waals surface area contributed by atoms with Gasteiger partial charge in [-0.05, 0) is 95.9 Å². The molecule has 2 atom stereocenters. The zero-order chi connectivity index (χ0) is 25.7. The molecule has 2 aromatic rings. The number of carboxylic acid groups (broad SMARTS) is 1. The van der Waals surface area contributed by atoms with Crippen molar-refractivity contribution < 1.29 is 24.2 Å². The summed E-state index contributed by atoms with van der Waals surface area (Å²) in [6, 6.07) is 13.5. The van der Waals surface area contributed by atoms with E-state index < -0.39 is 12.6 Å². The van der Waals surface area contributed by atoms with Crippen molar-refractivity contribution in [3.05, 3.63) is 56.5 Å². The maximum Gasteiger partial charge on any atom is 0.341 e. The maximum absolute atomic E-state index is 13.7. The molecule has 2 fully saturated rings. The van der Waals surface area contributed by atoms with Crippen molar-refractivity contribution in [2.24, 2.45) is 10.9 Å². The Balaban J connectivity index is 1.70. The van der Waals surface area contributed by atoms with Crippen LogP contribution in [0.25, 0.3) is 6.08 Å². The van der Waals surface area contributed by atoms with Gasteiger partial charge < -0.3 is 14.6 Å². The Labute approximate surface area is 229 Å². The molecule has 0 unspecified atom stereocenters. The fraction of sp³-hybridized carbons (Fsp3) is 0.370. The monoisotopic (exact) mass is 620 g/mol. The number of carbonyl (C=O) groups is 2. The number of aliphatic imine (C=N–C) groups is 1. The van der Waals surface area contributed by atoms with E-state index in [0.29, 0.717) is 37.7 Å². The van der Waals surface area contributed by atoms with Gasteiger partial charge in [0.2, 0.25) is 0 Å². The molecule has 9 heteroatoms. The van der Waals surface area contributed by atoms with Gasteiger partial charge in [-0.2, -0.15) is 0 Å².